The average molecular weight is 1620 g/mol. The molecule has 0 aromatic carbocycles. The number of likely N-dealkylation sites (tertiary alicyclic amines) is 3. The van der Waals surface area contributed by atoms with Crippen molar-refractivity contribution < 1.29 is 23.7 Å². The molecule has 10 heteroatoms. The number of halogens is 1. The smallest absolute Gasteiger partial charge is 0.110 e. The number of aliphatic hydroxyl groups is 1. The van der Waals surface area contributed by atoms with Gasteiger partial charge in [0.2, 0.25) is 0 Å². The van der Waals surface area contributed by atoms with Crippen LogP contribution < -0.4 is 0 Å². The fourth-order valence-corrected chi connectivity index (χ4v) is 17.0. The normalized spacial score (nSPS) is 25.2. The molecule has 0 radical (unpaired) electrons. The fraction of sp³-hybridized carbons (Fsp3) is 0.981. The second kappa shape index (κ2) is 90.4. The van der Waals surface area contributed by atoms with E-state index in [-0.39, 0.29) is 0 Å². The molecule has 0 aromatic rings. The molecule has 14 fully saturated rings. The second-order valence-corrected chi connectivity index (χ2v) is 33.6. The third-order valence-electron chi connectivity index (χ3n) is 24.1. The second-order valence-electron chi connectivity index (χ2n) is 33.6. The Bertz CT molecular complexity index is 1640. The molecule has 8 saturated carbocycles. The van der Waals surface area contributed by atoms with Crippen molar-refractivity contribution in [3.05, 3.63) is 12.3 Å². The Labute approximate surface area is 717 Å². The maximum atomic E-state index is 12.5. The maximum absolute atomic E-state index is 12.5. The summed E-state index contributed by atoms with van der Waals surface area (Å²) >= 11 is 0. The van der Waals surface area contributed by atoms with Crippen LogP contribution in [-0.2, 0) is 14.2 Å². The van der Waals surface area contributed by atoms with Crippen molar-refractivity contribution in [2.24, 2.45) is 63.6 Å². The van der Waals surface area contributed by atoms with E-state index in [1.165, 1.54) is 238 Å². The van der Waals surface area contributed by atoms with Crippen molar-refractivity contribution in [3.63, 3.8) is 0 Å². The lowest BCUT2D eigenvalue weighted by Crippen LogP contribution is -2.60. The van der Waals surface area contributed by atoms with Gasteiger partial charge in [-0.2, -0.15) is 0 Å². The van der Waals surface area contributed by atoms with Crippen LogP contribution >= 0.6 is 0 Å². The zero-order chi connectivity index (χ0) is 88.5. The highest BCUT2D eigenvalue weighted by molar-refractivity contribution is 5.09. The Balaban J connectivity index is -0.000000175. The molecule has 9 nitrogen and oxygen atoms in total. The Morgan fingerprint density at radius 2 is 0.814 bits per heavy atom. The first-order chi connectivity index (χ1) is 54.6. The molecule has 113 heavy (non-hydrogen) atoms. The summed E-state index contributed by atoms with van der Waals surface area (Å²) in [4.78, 5) is 11.9. The predicted octanol–water partition coefficient (Wildman–Crippen LogP) is 31.1. The number of aliphatic hydroxyl groups excluding tert-OH is 1. The molecular formula is C103H224FN5O4. The summed E-state index contributed by atoms with van der Waals surface area (Å²) < 4.78 is 28.0. The Morgan fingerprint density at radius 1 is 0.407 bits per heavy atom. The summed E-state index contributed by atoms with van der Waals surface area (Å²) in [6.07, 6.45) is 49.3. The number of allylic oxidation sites excluding steroid dienone is 1. The number of hydrogen-bond donors (Lipinski definition) is 1. The van der Waals surface area contributed by atoms with Crippen molar-refractivity contribution in [2.45, 2.75) is 472 Å². The minimum Gasteiger partial charge on any atom is -0.396 e. The first kappa shape index (κ1) is 128. The van der Waals surface area contributed by atoms with Gasteiger partial charge in [0.05, 0.1) is 32.0 Å². The van der Waals surface area contributed by atoms with Crippen LogP contribution in [-0.4, -0.2) is 174 Å². The van der Waals surface area contributed by atoms with Crippen molar-refractivity contribution in [1.29, 1.82) is 0 Å². The van der Waals surface area contributed by atoms with Crippen LogP contribution in [0, 0.1) is 63.6 Å². The highest BCUT2D eigenvalue weighted by atomic mass is 19.1. The molecule has 3 spiro atoms. The van der Waals surface area contributed by atoms with E-state index in [0.29, 0.717) is 31.3 Å². The van der Waals surface area contributed by atoms with Crippen LogP contribution in [0.15, 0.2) is 12.3 Å². The van der Waals surface area contributed by atoms with Gasteiger partial charge in [0.1, 0.15) is 6.17 Å². The largest absolute Gasteiger partial charge is 0.396 e. The highest BCUT2D eigenvalue weighted by Gasteiger charge is 2.51. The number of piperidine rings is 2. The van der Waals surface area contributed by atoms with Gasteiger partial charge in [-0.3, -0.25) is 0 Å². The SMILES string of the molecule is C=C(C)N1CC2(CC(C)C2)C1.CC.CC.CC.CC.CC.CC.CC.CC.CC.CC.CC.CC(F)CN1CCC(C)CC1.CC1CC2(CCC2)C1.CC1CCCC12CC2.CC1CCCCC1.CC1CCCCC1.CC1CCCCC1CO.CC1CCCCO1.CC1COCCO1.CCN1CCN(C)CC1.CN1CCCCC1. The molecule has 6 saturated heterocycles. The predicted molar refractivity (Wildman–Crippen MR) is 516 cm³/mol. The molecule has 6 unspecified atom stereocenters. The zero-order valence-electron chi connectivity index (χ0n) is 85.4. The van der Waals surface area contributed by atoms with Gasteiger partial charge in [-0.25, -0.2) is 4.39 Å². The lowest BCUT2D eigenvalue weighted by molar-refractivity contribution is -0.0797. The first-order valence-corrected chi connectivity index (χ1v) is 50.9. The van der Waals surface area contributed by atoms with Gasteiger partial charge in [0, 0.05) is 70.1 Å². The molecule has 8 aliphatic carbocycles. The molecule has 6 atom stereocenters. The Morgan fingerprint density at radius 3 is 1.06 bits per heavy atom. The van der Waals surface area contributed by atoms with Gasteiger partial charge in [-0.15, -0.1) is 0 Å². The van der Waals surface area contributed by atoms with Crippen LogP contribution in [0.25, 0.3) is 0 Å². The molecule has 1 N–H and O–H groups in total. The average Bonchev–Trinajstić information content (AvgIpc) is 1.75. The molecule has 692 valence electrons. The van der Waals surface area contributed by atoms with Crippen molar-refractivity contribution >= 4 is 0 Å². The number of rotatable bonds is 5. The van der Waals surface area contributed by atoms with Gasteiger partial charge >= 0.3 is 0 Å². The number of ether oxygens (including phenoxy) is 3. The topological polar surface area (TPSA) is 64.1 Å². The third kappa shape index (κ3) is 69.4. The van der Waals surface area contributed by atoms with Crippen LogP contribution in [0.2, 0.25) is 0 Å². The van der Waals surface area contributed by atoms with Gasteiger partial charge in [-0.05, 0) is 242 Å². The summed E-state index contributed by atoms with van der Waals surface area (Å²) in [5.74, 6) is 7.42. The highest BCUT2D eigenvalue weighted by Crippen LogP contribution is 2.61. The van der Waals surface area contributed by atoms with Gasteiger partial charge in [0.25, 0.3) is 0 Å². The van der Waals surface area contributed by atoms with Gasteiger partial charge < -0.3 is 43.8 Å². The number of alkyl halides is 1. The monoisotopic (exact) mass is 1610 g/mol. The zero-order valence-corrected chi connectivity index (χ0v) is 85.4. The van der Waals surface area contributed by atoms with Crippen molar-refractivity contribution in [2.75, 3.05) is 126 Å². The molecule has 14 aliphatic rings. The summed E-state index contributed by atoms with van der Waals surface area (Å²) in [6.45, 7) is 92.4. The lowest BCUT2D eigenvalue weighted by atomic mass is 9.52. The lowest BCUT2D eigenvalue weighted by Gasteiger charge is -2.59. The van der Waals surface area contributed by atoms with E-state index in [4.69, 9.17) is 19.3 Å². The summed E-state index contributed by atoms with van der Waals surface area (Å²) in [7, 11) is 4.38. The minimum absolute atomic E-state index is 0.314. The van der Waals surface area contributed by atoms with E-state index in [2.05, 4.69) is 114 Å². The van der Waals surface area contributed by atoms with E-state index < -0.39 is 6.17 Å². The van der Waals surface area contributed by atoms with Crippen LogP contribution in [0.1, 0.15) is 454 Å². The van der Waals surface area contributed by atoms with E-state index >= 15 is 0 Å². The summed E-state index contributed by atoms with van der Waals surface area (Å²) in [5.41, 5.74) is 3.80. The molecule has 6 aliphatic heterocycles. The van der Waals surface area contributed by atoms with Crippen LogP contribution in [0.5, 0.6) is 0 Å². The third-order valence-corrected chi connectivity index (χ3v) is 24.1. The number of likely N-dealkylation sites (N-methyl/N-ethyl adjacent to an activating group) is 2. The van der Waals surface area contributed by atoms with Crippen molar-refractivity contribution in [3.8, 4) is 0 Å². The van der Waals surface area contributed by atoms with Gasteiger partial charge in [0.15, 0.2) is 0 Å². The van der Waals surface area contributed by atoms with Crippen LogP contribution in [0.3, 0.4) is 0 Å². The number of hydrogen-bond acceptors (Lipinski definition) is 9. The van der Waals surface area contributed by atoms with Crippen LogP contribution in [0.4, 0.5) is 4.39 Å². The molecule has 14 rings (SSSR count). The summed E-state index contributed by atoms with van der Waals surface area (Å²) in [6, 6.07) is 0. The fourth-order valence-electron chi connectivity index (χ4n) is 17.0. The van der Waals surface area contributed by atoms with E-state index in [1.54, 1.807) is 51.9 Å². The quantitative estimate of drug-likeness (QED) is 0.290. The number of nitrogens with zero attached hydrogens (tertiary/aromatic N) is 5. The Kier molecular flexibility index (Phi) is 102. The molecule has 0 aromatic heterocycles. The standard InChI is InChI=1S/C10H17N.C9H18FN.C8H16O.2C8H14.C7H16N2.2C7H14.C6H13N.C6H12O.C5H10O2.11C2H6/c1-8(2)11-6-10(7-11)4-9(3)5-10;1-8-3-5-11(6-4-8)7-9(2)10;1-7-4-2-3-5-8(7)6-9;1-7-5-8(6-7)3-2-4-8;1-7-3-2-4-8(7)5-6-8;1-3-9-6-4-8(2)5-7-9;3*1-7-5-3-2-4-6-7;1-6-4-2-3-5-7-6;1-5-4-6-2-3-7-5;11*1-2/h9H,1,4-7H2,2-3H3;8-9H,3-7H2,1-2H3;7-9H,2-6H2,1H3;2*7H,2-6H2,1H3;3-7H2,1-2H3;2*7H,2-6H2,1H3;2-6H2,1H3;6H,2-5H2,1H3;5H,2-4H2,1H3;11*1-2H3. The van der Waals surface area contributed by atoms with E-state index in [0.717, 1.165) is 97.2 Å². The van der Waals surface area contributed by atoms with E-state index in [9.17, 15) is 4.39 Å². The van der Waals surface area contributed by atoms with E-state index in [1.807, 2.05) is 159 Å². The maximum Gasteiger partial charge on any atom is 0.110 e. The molecular weight excluding hydrogens is 1390 g/mol. The Hall–Kier alpha value is -0.850. The molecule has 0 amide bonds. The number of piperazine rings is 1. The molecule has 0 bridgehead atoms. The first-order valence-electron chi connectivity index (χ1n) is 50.9. The van der Waals surface area contributed by atoms with Gasteiger partial charge in [-0.1, -0.05) is 323 Å². The molecule has 6 heterocycles. The minimum atomic E-state index is -0.664. The summed E-state index contributed by atoms with van der Waals surface area (Å²) in [5, 5.41) is 8.86. The van der Waals surface area contributed by atoms with Crippen molar-refractivity contribution in [1.82, 2.24) is 24.5 Å².